The Morgan fingerprint density at radius 1 is 0.972 bits per heavy atom. The van der Waals surface area contributed by atoms with Gasteiger partial charge in [0.1, 0.15) is 5.75 Å². The van der Waals surface area contributed by atoms with Crippen LogP contribution in [0.15, 0.2) is 102 Å². The smallest absolute Gasteiger partial charge is 0.243 e. The van der Waals surface area contributed by atoms with Gasteiger partial charge in [0, 0.05) is 30.8 Å². The maximum absolute atomic E-state index is 13.4. The molecule has 2 N–H and O–H groups in total. The third kappa shape index (κ3) is 3.77. The maximum Gasteiger partial charge on any atom is 0.243 e. The average molecular weight is 497 g/mol. The van der Waals surface area contributed by atoms with Crippen molar-refractivity contribution in [3.05, 3.63) is 114 Å². The second-order valence-corrected chi connectivity index (χ2v) is 11.7. The number of nitrogens with zero attached hydrogens (tertiary/aromatic N) is 1. The largest absolute Gasteiger partial charge is 0.508 e. The lowest BCUT2D eigenvalue weighted by Crippen LogP contribution is -2.30. The highest BCUT2D eigenvalue weighted by Crippen LogP contribution is 2.52. The van der Waals surface area contributed by atoms with E-state index in [0.29, 0.717) is 11.4 Å². The summed E-state index contributed by atoms with van der Waals surface area (Å²) in [5.74, 6) is 0.524. The first-order valence-electron chi connectivity index (χ1n) is 12.2. The maximum atomic E-state index is 13.4. The Hall–Kier alpha value is -3.61. The zero-order chi connectivity index (χ0) is 24.9. The minimum atomic E-state index is -3.66. The number of phenols is 1. The summed E-state index contributed by atoms with van der Waals surface area (Å²) < 4.78 is 28.3. The van der Waals surface area contributed by atoms with Crippen molar-refractivity contribution >= 4 is 26.5 Å². The quantitative estimate of drug-likeness (QED) is 0.323. The second kappa shape index (κ2) is 8.80. The molecule has 6 rings (SSSR count). The molecule has 0 bridgehead atoms. The van der Waals surface area contributed by atoms with E-state index in [1.807, 2.05) is 60.7 Å². The number of sulfonamides is 1. The van der Waals surface area contributed by atoms with Crippen molar-refractivity contribution in [3.8, 4) is 5.75 Å². The predicted molar refractivity (Wildman–Crippen MR) is 144 cm³/mol. The Balaban J connectivity index is 1.38. The lowest BCUT2D eigenvalue weighted by Gasteiger charge is -2.38. The number of benzene rings is 4. The van der Waals surface area contributed by atoms with E-state index in [0.717, 1.165) is 39.6 Å². The minimum absolute atomic E-state index is 0.0687. The van der Waals surface area contributed by atoms with E-state index in [1.165, 1.54) is 4.31 Å². The van der Waals surface area contributed by atoms with Crippen molar-refractivity contribution in [2.45, 2.75) is 29.8 Å². The molecule has 1 heterocycles. The standard InChI is InChI=1S/C30H28N2O3S/c1-32(19-20-8-3-2-4-9-20)36(34,35)22-15-16-27-26(18-22)24-12-7-13-25(24)30(31-27)29-23-11-6-5-10-21(23)14-17-28(29)33/h2-12,14-18,24-25,30-31,33H,13,19H2,1H3. The van der Waals surface area contributed by atoms with Gasteiger partial charge in [-0.3, -0.25) is 0 Å². The minimum Gasteiger partial charge on any atom is -0.508 e. The third-order valence-electron chi connectivity index (χ3n) is 7.55. The van der Waals surface area contributed by atoms with Crippen LogP contribution in [0.2, 0.25) is 0 Å². The van der Waals surface area contributed by atoms with Gasteiger partial charge in [0.2, 0.25) is 10.0 Å². The monoisotopic (exact) mass is 496 g/mol. The van der Waals surface area contributed by atoms with Crippen LogP contribution < -0.4 is 5.32 Å². The van der Waals surface area contributed by atoms with Crippen LogP contribution in [0.25, 0.3) is 10.8 Å². The van der Waals surface area contributed by atoms with Crippen molar-refractivity contribution in [1.29, 1.82) is 0 Å². The van der Waals surface area contributed by atoms with Gasteiger partial charge >= 0.3 is 0 Å². The van der Waals surface area contributed by atoms with Gasteiger partial charge in [-0.15, -0.1) is 0 Å². The van der Waals surface area contributed by atoms with E-state index < -0.39 is 10.0 Å². The van der Waals surface area contributed by atoms with E-state index in [-0.39, 0.29) is 23.6 Å². The van der Waals surface area contributed by atoms with Crippen molar-refractivity contribution in [2.75, 3.05) is 12.4 Å². The number of anilines is 1. The first kappa shape index (κ1) is 22.8. The molecular weight excluding hydrogens is 468 g/mol. The summed E-state index contributed by atoms with van der Waals surface area (Å²) in [4.78, 5) is 0.298. The van der Waals surface area contributed by atoms with E-state index in [9.17, 15) is 13.5 Å². The first-order valence-corrected chi connectivity index (χ1v) is 13.7. The summed E-state index contributed by atoms with van der Waals surface area (Å²) in [6.07, 6.45) is 5.21. The molecule has 0 fully saturated rings. The lowest BCUT2D eigenvalue weighted by atomic mass is 9.76. The van der Waals surface area contributed by atoms with Crippen LogP contribution >= 0.6 is 0 Å². The molecule has 6 heteroatoms. The van der Waals surface area contributed by atoms with E-state index in [2.05, 4.69) is 29.6 Å². The summed E-state index contributed by atoms with van der Waals surface area (Å²) >= 11 is 0. The fourth-order valence-electron chi connectivity index (χ4n) is 5.74. The summed E-state index contributed by atoms with van der Waals surface area (Å²) in [6, 6.07) is 26.7. The molecule has 0 saturated heterocycles. The lowest BCUT2D eigenvalue weighted by molar-refractivity contribution is 0.404. The summed E-state index contributed by atoms with van der Waals surface area (Å²) in [5.41, 5.74) is 3.74. The molecule has 4 aromatic rings. The molecule has 2 aliphatic rings. The molecule has 0 amide bonds. The van der Waals surface area contributed by atoms with Crippen LogP contribution in [0, 0.1) is 5.92 Å². The van der Waals surface area contributed by atoms with E-state index in [4.69, 9.17) is 0 Å². The predicted octanol–water partition coefficient (Wildman–Crippen LogP) is 6.19. The Morgan fingerprint density at radius 3 is 2.58 bits per heavy atom. The molecule has 5 nitrogen and oxygen atoms in total. The number of allylic oxidation sites excluding steroid dienone is 2. The first-order chi connectivity index (χ1) is 17.4. The molecule has 3 unspecified atom stereocenters. The topological polar surface area (TPSA) is 69.6 Å². The second-order valence-electron chi connectivity index (χ2n) is 9.69. The van der Waals surface area contributed by atoms with Crippen LogP contribution in [0.3, 0.4) is 0 Å². The average Bonchev–Trinajstić information content (AvgIpc) is 3.39. The molecule has 1 aliphatic heterocycles. The number of hydrogen-bond acceptors (Lipinski definition) is 4. The Bertz CT molecular complexity index is 1580. The number of nitrogens with one attached hydrogen (secondary N) is 1. The molecule has 0 radical (unpaired) electrons. The van der Waals surface area contributed by atoms with Gasteiger partial charge in [-0.05, 0) is 58.5 Å². The fraction of sp³-hybridized carbons (Fsp3) is 0.200. The molecule has 0 saturated carbocycles. The fourth-order valence-corrected chi connectivity index (χ4v) is 6.93. The van der Waals surface area contributed by atoms with Crippen LogP contribution in [0.5, 0.6) is 5.75 Å². The molecule has 1 aliphatic carbocycles. The van der Waals surface area contributed by atoms with Crippen molar-refractivity contribution in [1.82, 2.24) is 4.31 Å². The third-order valence-corrected chi connectivity index (χ3v) is 9.35. The van der Waals surface area contributed by atoms with Gasteiger partial charge in [-0.25, -0.2) is 8.42 Å². The number of phenolic OH excluding ortho intramolecular Hbond substituents is 1. The summed E-state index contributed by atoms with van der Waals surface area (Å²) in [6.45, 7) is 0.312. The van der Waals surface area contributed by atoms with E-state index in [1.54, 1.807) is 19.2 Å². The Morgan fingerprint density at radius 2 is 1.75 bits per heavy atom. The summed E-state index contributed by atoms with van der Waals surface area (Å²) in [7, 11) is -2.04. The van der Waals surface area contributed by atoms with Gasteiger partial charge in [0.25, 0.3) is 0 Å². The molecule has 4 aromatic carbocycles. The zero-order valence-corrected chi connectivity index (χ0v) is 20.8. The highest BCUT2D eigenvalue weighted by Gasteiger charge is 2.40. The normalized spacial score (nSPS) is 20.8. The van der Waals surface area contributed by atoms with Crippen LogP contribution in [0.4, 0.5) is 5.69 Å². The van der Waals surface area contributed by atoms with Gasteiger partial charge in [-0.2, -0.15) is 4.31 Å². The van der Waals surface area contributed by atoms with Crippen molar-refractivity contribution < 1.29 is 13.5 Å². The number of rotatable bonds is 5. The van der Waals surface area contributed by atoms with Gasteiger partial charge in [-0.1, -0.05) is 72.8 Å². The van der Waals surface area contributed by atoms with Crippen LogP contribution in [0.1, 0.15) is 35.1 Å². The number of hydrogen-bond donors (Lipinski definition) is 2. The van der Waals surface area contributed by atoms with Crippen LogP contribution in [-0.2, 0) is 16.6 Å². The van der Waals surface area contributed by atoms with Crippen LogP contribution in [-0.4, -0.2) is 24.9 Å². The Labute approximate surface area is 211 Å². The molecule has 36 heavy (non-hydrogen) atoms. The van der Waals surface area contributed by atoms with Gasteiger partial charge in [0.15, 0.2) is 0 Å². The zero-order valence-electron chi connectivity index (χ0n) is 20.0. The number of aromatic hydroxyl groups is 1. The highest BCUT2D eigenvalue weighted by molar-refractivity contribution is 7.89. The number of fused-ring (bicyclic) bond motifs is 4. The van der Waals surface area contributed by atoms with Gasteiger partial charge in [0.05, 0.1) is 10.9 Å². The molecule has 182 valence electrons. The molecule has 0 spiro atoms. The molecular formula is C30H28N2O3S. The molecule has 0 aromatic heterocycles. The molecule has 3 atom stereocenters. The van der Waals surface area contributed by atoms with E-state index >= 15 is 0 Å². The summed E-state index contributed by atoms with van der Waals surface area (Å²) in [5, 5.41) is 16.7. The van der Waals surface area contributed by atoms with Gasteiger partial charge < -0.3 is 10.4 Å². The van der Waals surface area contributed by atoms with Crippen molar-refractivity contribution in [3.63, 3.8) is 0 Å². The van der Waals surface area contributed by atoms with Crippen molar-refractivity contribution in [2.24, 2.45) is 5.92 Å². The SMILES string of the molecule is CN(Cc1ccccc1)S(=O)(=O)c1ccc2c(c1)C1C=CCC1C(c1c(O)ccc3ccccc13)N2. The highest BCUT2D eigenvalue weighted by atomic mass is 32.2. The Kier molecular flexibility index (Phi) is 5.58.